The number of nitrogens with zero attached hydrogens (tertiary/aromatic N) is 2. The number of carbonyl (C=O) groups excluding carboxylic acids is 1. The third-order valence-electron chi connectivity index (χ3n) is 4.50. The van der Waals surface area contributed by atoms with Crippen molar-refractivity contribution in [3.63, 3.8) is 0 Å². The molecule has 1 amide bonds. The Kier molecular flexibility index (Phi) is 7.70. The first-order valence-corrected chi connectivity index (χ1v) is 10.1. The highest BCUT2D eigenvalue weighted by Crippen LogP contribution is 2.31. The summed E-state index contributed by atoms with van der Waals surface area (Å²) in [4.78, 5) is 24.1. The van der Waals surface area contributed by atoms with Gasteiger partial charge in [-0.05, 0) is 55.5 Å². The van der Waals surface area contributed by atoms with Crippen LogP contribution in [-0.2, 0) is 17.5 Å². The summed E-state index contributed by atoms with van der Waals surface area (Å²) in [6, 6.07) is 14.5. The van der Waals surface area contributed by atoms with Crippen molar-refractivity contribution in [3.8, 4) is 22.8 Å². The molecule has 1 aromatic heterocycles. The van der Waals surface area contributed by atoms with E-state index in [1.807, 2.05) is 19.1 Å². The average Bonchev–Trinajstić information content (AvgIpc) is 2.79. The Bertz CT molecular complexity index is 1140. The maximum atomic E-state index is 12.7. The summed E-state index contributed by atoms with van der Waals surface area (Å²) in [7, 11) is 0. The molecular weight excluding hydrogens is 439 g/mol. The van der Waals surface area contributed by atoms with Gasteiger partial charge in [0.05, 0.1) is 24.4 Å². The Morgan fingerprint density at radius 1 is 1.03 bits per heavy atom. The molecule has 0 bridgehead atoms. The number of aromatic nitrogens is 2. The fourth-order valence-electron chi connectivity index (χ4n) is 2.92. The van der Waals surface area contributed by atoms with E-state index in [4.69, 9.17) is 9.47 Å². The van der Waals surface area contributed by atoms with Crippen LogP contribution in [-0.4, -0.2) is 35.4 Å². The van der Waals surface area contributed by atoms with Gasteiger partial charge in [0.2, 0.25) is 0 Å². The minimum absolute atomic E-state index is 0.0686. The molecule has 0 aliphatic rings. The monoisotopic (exact) mass is 461 g/mol. The van der Waals surface area contributed by atoms with Gasteiger partial charge in [-0.15, -0.1) is 0 Å². The van der Waals surface area contributed by atoms with Crippen molar-refractivity contribution in [2.45, 2.75) is 19.6 Å². The second-order valence-corrected chi connectivity index (χ2v) is 6.90. The van der Waals surface area contributed by atoms with Crippen molar-refractivity contribution in [3.05, 3.63) is 76.6 Å². The van der Waals surface area contributed by atoms with Crippen LogP contribution in [0.2, 0.25) is 0 Å². The predicted octanol–water partition coefficient (Wildman–Crippen LogP) is 3.52. The molecule has 0 unspecified atom stereocenters. The first kappa shape index (κ1) is 23.8. The van der Waals surface area contributed by atoms with Crippen molar-refractivity contribution in [1.29, 1.82) is 0 Å². The predicted molar refractivity (Wildman–Crippen MR) is 115 cm³/mol. The molecule has 0 radical (unpaired) electrons. The van der Waals surface area contributed by atoms with Crippen molar-refractivity contribution in [2.24, 2.45) is 0 Å². The number of ether oxygens (including phenoxy) is 2. The minimum Gasteiger partial charge on any atom is -0.494 e. The lowest BCUT2D eigenvalue weighted by Gasteiger charge is -2.11. The first-order valence-electron chi connectivity index (χ1n) is 10.1. The van der Waals surface area contributed by atoms with E-state index in [-0.39, 0.29) is 24.4 Å². The number of hydrogen-bond donors (Lipinski definition) is 1. The van der Waals surface area contributed by atoms with Crippen LogP contribution in [0.25, 0.3) is 11.3 Å². The number of nitrogens with one attached hydrogen (secondary N) is 1. The summed E-state index contributed by atoms with van der Waals surface area (Å²) in [6.07, 6.45) is -4.50. The van der Waals surface area contributed by atoms with E-state index in [9.17, 15) is 22.8 Å². The number of benzene rings is 2. The van der Waals surface area contributed by atoms with Gasteiger partial charge in [0.25, 0.3) is 11.5 Å². The Morgan fingerprint density at radius 3 is 2.48 bits per heavy atom. The fraction of sp³-hybridized carbons (Fsp3) is 0.261. The smallest absolute Gasteiger partial charge is 0.416 e. The number of amides is 1. The van der Waals surface area contributed by atoms with Gasteiger partial charge in [0, 0.05) is 18.2 Å². The lowest BCUT2D eigenvalue weighted by atomic mass is 10.1. The number of hydrogen-bond acceptors (Lipinski definition) is 5. The summed E-state index contributed by atoms with van der Waals surface area (Å²) in [5.74, 6) is 0.119. The number of alkyl halides is 3. The normalized spacial score (nSPS) is 11.2. The second kappa shape index (κ2) is 10.7. The molecule has 0 aliphatic heterocycles. The highest BCUT2D eigenvalue weighted by Gasteiger charge is 2.30. The van der Waals surface area contributed by atoms with E-state index in [0.29, 0.717) is 12.3 Å². The van der Waals surface area contributed by atoms with E-state index in [1.165, 1.54) is 22.9 Å². The molecule has 0 fully saturated rings. The summed E-state index contributed by atoms with van der Waals surface area (Å²) in [5, 5.41) is 6.87. The van der Waals surface area contributed by atoms with Gasteiger partial charge in [0.15, 0.2) is 6.61 Å². The Balaban J connectivity index is 1.53. The zero-order valence-electron chi connectivity index (χ0n) is 17.8. The molecule has 174 valence electrons. The molecule has 0 atom stereocenters. The number of rotatable bonds is 9. The molecule has 2 aromatic carbocycles. The zero-order valence-corrected chi connectivity index (χ0v) is 17.8. The van der Waals surface area contributed by atoms with Crippen molar-refractivity contribution in [2.75, 3.05) is 19.8 Å². The zero-order chi connectivity index (χ0) is 23.8. The van der Waals surface area contributed by atoms with Crippen LogP contribution in [0, 0.1) is 0 Å². The molecule has 0 spiro atoms. The lowest BCUT2D eigenvalue weighted by Crippen LogP contribution is -2.34. The summed E-state index contributed by atoms with van der Waals surface area (Å²) < 4.78 is 50.0. The Hall–Kier alpha value is -3.82. The Morgan fingerprint density at radius 2 is 1.79 bits per heavy atom. The standard InChI is InChI=1S/C23H22F3N3O4/c1-2-32-18-8-6-16(7-9-18)20-10-11-22(31)29(28-20)13-12-27-21(30)15-33-19-5-3-4-17(14-19)23(24,25)26/h3-11,14H,2,12-13,15H2,1H3,(H,27,30). The molecule has 33 heavy (non-hydrogen) atoms. The highest BCUT2D eigenvalue weighted by atomic mass is 19.4. The van der Waals surface area contributed by atoms with E-state index in [0.717, 1.165) is 23.4 Å². The van der Waals surface area contributed by atoms with Crippen LogP contribution in [0.3, 0.4) is 0 Å². The third kappa shape index (κ3) is 6.83. The largest absolute Gasteiger partial charge is 0.494 e. The maximum absolute atomic E-state index is 12.7. The van der Waals surface area contributed by atoms with Gasteiger partial charge in [-0.1, -0.05) is 6.07 Å². The van der Waals surface area contributed by atoms with E-state index in [1.54, 1.807) is 18.2 Å². The molecular formula is C23H22F3N3O4. The fourth-order valence-corrected chi connectivity index (χ4v) is 2.92. The van der Waals surface area contributed by atoms with E-state index < -0.39 is 24.3 Å². The van der Waals surface area contributed by atoms with Crippen LogP contribution in [0.15, 0.2) is 65.5 Å². The summed E-state index contributed by atoms with van der Waals surface area (Å²) in [6.45, 7) is 2.18. The third-order valence-corrected chi connectivity index (χ3v) is 4.50. The van der Waals surface area contributed by atoms with Crippen molar-refractivity contribution >= 4 is 5.91 Å². The van der Waals surface area contributed by atoms with Gasteiger partial charge in [0.1, 0.15) is 11.5 Å². The van der Waals surface area contributed by atoms with Gasteiger partial charge in [-0.25, -0.2) is 4.68 Å². The van der Waals surface area contributed by atoms with Crippen molar-refractivity contribution < 1.29 is 27.4 Å². The van der Waals surface area contributed by atoms with Crippen LogP contribution in [0.1, 0.15) is 12.5 Å². The Labute approximate surface area is 187 Å². The number of halogens is 3. The number of carbonyl (C=O) groups is 1. The van der Waals surface area contributed by atoms with Crippen LogP contribution >= 0.6 is 0 Å². The molecule has 10 heteroatoms. The first-order chi connectivity index (χ1) is 15.8. The molecule has 0 saturated carbocycles. The molecule has 1 N–H and O–H groups in total. The van der Waals surface area contributed by atoms with E-state index in [2.05, 4.69) is 10.4 Å². The molecule has 3 rings (SSSR count). The topological polar surface area (TPSA) is 82.5 Å². The van der Waals surface area contributed by atoms with Crippen molar-refractivity contribution in [1.82, 2.24) is 15.1 Å². The second-order valence-electron chi connectivity index (χ2n) is 6.90. The molecule has 1 heterocycles. The SMILES string of the molecule is CCOc1ccc(-c2ccc(=O)n(CCNC(=O)COc3cccc(C(F)(F)F)c3)n2)cc1. The molecule has 0 aliphatic carbocycles. The quantitative estimate of drug-likeness (QED) is 0.527. The summed E-state index contributed by atoms with van der Waals surface area (Å²) >= 11 is 0. The molecule has 3 aromatic rings. The molecule has 7 nitrogen and oxygen atoms in total. The highest BCUT2D eigenvalue weighted by molar-refractivity contribution is 5.77. The van der Waals surface area contributed by atoms with Gasteiger partial charge in [-0.3, -0.25) is 9.59 Å². The van der Waals surface area contributed by atoms with Gasteiger partial charge >= 0.3 is 6.18 Å². The minimum atomic E-state index is -4.50. The van der Waals surface area contributed by atoms with Gasteiger partial charge < -0.3 is 14.8 Å². The van der Waals surface area contributed by atoms with Gasteiger partial charge in [-0.2, -0.15) is 18.3 Å². The van der Waals surface area contributed by atoms with Crippen LogP contribution in [0.4, 0.5) is 13.2 Å². The molecule has 0 saturated heterocycles. The van der Waals surface area contributed by atoms with E-state index >= 15 is 0 Å². The van der Waals surface area contributed by atoms with Crippen LogP contribution < -0.4 is 20.3 Å². The lowest BCUT2D eigenvalue weighted by molar-refractivity contribution is -0.137. The van der Waals surface area contributed by atoms with Crippen LogP contribution in [0.5, 0.6) is 11.5 Å². The maximum Gasteiger partial charge on any atom is 0.416 e. The summed E-state index contributed by atoms with van der Waals surface area (Å²) in [5.41, 5.74) is 0.181. The average molecular weight is 461 g/mol.